The van der Waals surface area contributed by atoms with Gasteiger partial charge in [-0.25, -0.2) is 4.98 Å². The van der Waals surface area contributed by atoms with Crippen LogP contribution in [0.2, 0.25) is 0 Å². The molecule has 0 aliphatic rings. The molecule has 0 spiro atoms. The number of pyridine rings is 2. The van der Waals surface area contributed by atoms with Gasteiger partial charge in [0.25, 0.3) is 0 Å². The molecule has 1 N–H and O–H groups in total. The number of rotatable bonds is 6. The lowest BCUT2D eigenvalue weighted by Crippen LogP contribution is -2.37. The van der Waals surface area contributed by atoms with Gasteiger partial charge in [-0.3, -0.25) is 0 Å². The fourth-order valence-electron chi connectivity index (χ4n) is 2.61. The number of nitrogens with zero attached hydrogens (tertiary/aromatic N) is 2. The molecule has 0 amide bonds. The maximum Gasteiger partial charge on any atom is 0.231 e. The highest BCUT2D eigenvalue weighted by Gasteiger charge is 2.13. The van der Waals surface area contributed by atoms with Crippen LogP contribution in [-0.4, -0.2) is 17.8 Å². The van der Waals surface area contributed by atoms with Crippen molar-refractivity contribution in [2.75, 3.05) is 12.8 Å². The van der Waals surface area contributed by atoms with E-state index in [1.807, 2.05) is 24.4 Å². The summed E-state index contributed by atoms with van der Waals surface area (Å²) in [5.74, 6) is 0. The Kier molecular flexibility index (Phi) is 5.99. The van der Waals surface area contributed by atoms with Crippen LogP contribution >= 0.6 is 11.8 Å². The van der Waals surface area contributed by atoms with E-state index in [1.54, 1.807) is 18.0 Å². The number of hydrogen-bond donors (Lipinski definition) is 0. The van der Waals surface area contributed by atoms with Crippen LogP contribution < -0.4 is 4.57 Å². The molecule has 2 aromatic heterocycles. The van der Waals surface area contributed by atoms with Crippen molar-refractivity contribution in [3.8, 4) is 11.4 Å². The van der Waals surface area contributed by atoms with Crippen molar-refractivity contribution >= 4 is 23.9 Å². The molecular weight excluding hydrogens is 326 g/mol. The Bertz CT molecular complexity index is 843. The summed E-state index contributed by atoms with van der Waals surface area (Å²) in [6.07, 6.45) is 10.2. The van der Waals surface area contributed by atoms with Gasteiger partial charge < -0.3 is 5.73 Å². The minimum Gasteiger partial charge on any atom is -0.672 e. The number of aromatic nitrogens is 2. The van der Waals surface area contributed by atoms with Crippen LogP contribution in [-0.2, 0) is 6.54 Å². The second kappa shape index (κ2) is 8.60. The van der Waals surface area contributed by atoms with Gasteiger partial charge in [0, 0.05) is 23.2 Å². The standard InChI is InChI=1S/C21H21N3S/c1-25-19-9-7-17(8-10-19)5-6-18-11-14-24(15-12-22)21(16-18)20-4-2-3-13-23-20/h2-11,13-14,16,22H,12,15H2,1H3/b6-5+. The van der Waals surface area contributed by atoms with Gasteiger partial charge >= 0.3 is 0 Å². The summed E-state index contributed by atoms with van der Waals surface area (Å²) in [7, 11) is 0. The van der Waals surface area contributed by atoms with E-state index in [0.29, 0.717) is 13.1 Å². The van der Waals surface area contributed by atoms with E-state index < -0.39 is 0 Å². The number of benzene rings is 1. The summed E-state index contributed by atoms with van der Waals surface area (Å²) in [4.78, 5) is 5.73. The lowest BCUT2D eigenvalue weighted by molar-refractivity contribution is -0.682. The smallest absolute Gasteiger partial charge is 0.231 e. The van der Waals surface area contributed by atoms with Crippen LogP contribution in [0.5, 0.6) is 0 Å². The van der Waals surface area contributed by atoms with Gasteiger partial charge in [0.15, 0.2) is 6.20 Å². The van der Waals surface area contributed by atoms with E-state index in [0.717, 1.165) is 17.0 Å². The van der Waals surface area contributed by atoms with Gasteiger partial charge in [0.1, 0.15) is 12.2 Å². The van der Waals surface area contributed by atoms with Crippen molar-refractivity contribution in [3.63, 3.8) is 0 Å². The second-order valence-corrected chi connectivity index (χ2v) is 6.49. The molecule has 25 heavy (non-hydrogen) atoms. The quantitative estimate of drug-likeness (QED) is 0.466. The zero-order valence-electron chi connectivity index (χ0n) is 14.2. The van der Waals surface area contributed by atoms with E-state index >= 15 is 0 Å². The maximum atomic E-state index is 7.52. The minimum absolute atomic E-state index is 0.349. The summed E-state index contributed by atoms with van der Waals surface area (Å²) in [6.45, 7) is 1.01. The summed E-state index contributed by atoms with van der Waals surface area (Å²) < 4.78 is 2.08. The molecule has 0 fully saturated rings. The highest BCUT2D eigenvalue weighted by molar-refractivity contribution is 7.98. The summed E-state index contributed by atoms with van der Waals surface area (Å²) >= 11 is 1.75. The first kappa shape index (κ1) is 17.4. The number of thioether (sulfide) groups is 1. The number of hydrogen-bond acceptors (Lipinski definition) is 2. The van der Waals surface area contributed by atoms with Crippen molar-refractivity contribution < 1.29 is 4.57 Å². The topological polar surface area (TPSA) is 40.6 Å². The second-order valence-electron chi connectivity index (χ2n) is 5.61. The van der Waals surface area contributed by atoms with Crippen molar-refractivity contribution in [1.82, 2.24) is 4.98 Å². The van der Waals surface area contributed by atoms with Crippen LogP contribution in [0.15, 0.2) is 71.9 Å². The Morgan fingerprint density at radius 1 is 1.04 bits per heavy atom. The monoisotopic (exact) mass is 347 g/mol. The molecule has 126 valence electrons. The van der Waals surface area contributed by atoms with Crippen molar-refractivity contribution in [3.05, 3.63) is 83.9 Å². The molecule has 2 heterocycles. The first-order valence-corrected chi connectivity index (χ1v) is 9.44. The van der Waals surface area contributed by atoms with Gasteiger partial charge in [0.05, 0.1) is 0 Å². The largest absolute Gasteiger partial charge is 0.672 e. The summed E-state index contributed by atoms with van der Waals surface area (Å²) in [5.41, 5.74) is 11.8. The van der Waals surface area contributed by atoms with Crippen LogP contribution in [0.4, 0.5) is 0 Å². The molecule has 3 rings (SSSR count). The first-order chi connectivity index (χ1) is 12.3. The van der Waals surface area contributed by atoms with E-state index in [9.17, 15) is 0 Å². The normalized spacial score (nSPS) is 11.1. The molecule has 0 bridgehead atoms. The summed E-state index contributed by atoms with van der Waals surface area (Å²) in [5, 5.41) is 0. The Balaban J connectivity index is 1.90. The average Bonchev–Trinajstić information content (AvgIpc) is 2.68. The maximum absolute atomic E-state index is 7.52. The van der Waals surface area contributed by atoms with E-state index in [-0.39, 0.29) is 0 Å². The minimum atomic E-state index is 0.349. The average molecular weight is 347 g/mol. The molecule has 0 unspecified atom stereocenters. The van der Waals surface area contributed by atoms with Crippen LogP contribution in [0.3, 0.4) is 0 Å². The zero-order valence-corrected chi connectivity index (χ0v) is 15.0. The molecule has 0 saturated carbocycles. The van der Waals surface area contributed by atoms with Gasteiger partial charge in [-0.1, -0.05) is 36.9 Å². The fraction of sp³-hybridized carbons (Fsp3) is 0.143. The lowest BCUT2D eigenvalue weighted by Gasteiger charge is -2.06. The van der Waals surface area contributed by atoms with Crippen molar-refractivity contribution in [2.45, 2.75) is 11.4 Å². The van der Waals surface area contributed by atoms with Gasteiger partial charge in [0.2, 0.25) is 5.69 Å². The van der Waals surface area contributed by atoms with Crippen LogP contribution in [0, 0.1) is 0 Å². The van der Waals surface area contributed by atoms with E-state index in [4.69, 9.17) is 5.73 Å². The Morgan fingerprint density at radius 3 is 2.52 bits per heavy atom. The van der Waals surface area contributed by atoms with Gasteiger partial charge in [-0.2, -0.15) is 4.57 Å². The fourth-order valence-corrected chi connectivity index (χ4v) is 3.02. The van der Waals surface area contributed by atoms with Crippen LogP contribution in [0.1, 0.15) is 11.1 Å². The molecule has 0 aliphatic carbocycles. The third-order valence-corrected chi connectivity index (χ3v) is 4.67. The molecule has 4 heteroatoms. The highest BCUT2D eigenvalue weighted by atomic mass is 32.2. The lowest BCUT2D eigenvalue weighted by atomic mass is 10.1. The van der Waals surface area contributed by atoms with Crippen molar-refractivity contribution in [1.29, 1.82) is 0 Å². The molecule has 1 aromatic carbocycles. The van der Waals surface area contributed by atoms with Gasteiger partial charge in [-0.05, 0) is 41.6 Å². The third kappa shape index (κ3) is 4.56. The van der Waals surface area contributed by atoms with Gasteiger partial charge in [-0.15, -0.1) is 11.8 Å². The molecule has 0 radical (unpaired) electrons. The molecular formula is C21H21N3S. The number of nitrogens with one attached hydrogen (secondary N) is 1. The Morgan fingerprint density at radius 2 is 1.84 bits per heavy atom. The predicted molar refractivity (Wildman–Crippen MR) is 106 cm³/mol. The highest BCUT2D eigenvalue weighted by Crippen LogP contribution is 2.18. The zero-order chi connectivity index (χ0) is 17.5. The molecule has 0 aliphatic heterocycles. The Labute approximate surface area is 153 Å². The van der Waals surface area contributed by atoms with E-state index in [2.05, 4.69) is 64.4 Å². The van der Waals surface area contributed by atoms with Crippen molar-refractivity contribution in [2.24, 2.45) is 0 Å². The molecule has 0 saturated heterocycles. The van der Waals surface area contributed by atoms with E-state index in [1.165, 1.54) is 10.5 Å². The predicted octanol–water partition coefficient (Wildman–Crippen LogP) is 4.98. The molecule has 3 nitrogen and oxygen atoms in total. The summed E-state index contributed by atoms with van der Waals surface area (Å²) in [6, 6.07) is 18.7. The first-order valence-electron chi connectivity index (χ1n) is 8.22. The molecule has 0 atom stereocenters. The third-order valence-electron chi connectivity index (χ3n) is 3.92. The Hall–Kier alpha value is -2.43. The SMILES string of the molecule is CSc1ccc(/C=C/c2cc[n+](CC[NH-])c(-c3ccccn3)c2)cc1. The molecule has 3 aromatic rings. The van der Waals surface area contributed by atoms with Crippen LogP contribution in [0.25, 0.3) is 29.3 Å².